The first-order chi connectivity index (χ1) is 15.0. The second kappa shape index (κ2) is 9.92. The van der Waals surface area contributed by atoms with Gasteiger partial charge in [-0.1, -0.05) is 42.5 Å². The molecule has 0 saturated heterocycles. The summed E-state index contributed by atoms with van der Waals surface area (Å²) >= 11 is 1.22. The van der Waals surface area contributed by atoms with Crippen LogP contribution in [0.5, 0.6) is 0 Å². The molecule has 0 aliphatic carbocycles. The molecule has 0 saturated carbocycles. The van der Waals surface area contributed by atoms with E-state index in [9.17, 15) is 14.9 Å². The molecule has 31 heavy (non-hydrogen) atoms. The molecule has 1 atom stereocenters. The van der Waals surface area contributed by atoms with Crippen LogP contribution < -0.4 is 16.4 Å². The lowest BCUT2D eigenvalue weighted by Gasteiger charge is -2.19. The number of thiazole rings is 1. The third-order valence-electron chi connectivity index (χ3n) is 4.24. The number of carbonyl (C=O) groups excluding carboxylic acids is 2. The van der Waals surface area contributed by atoms with E-state index in [0.29, 0.717) is 22.0 Å². The third kappa shape index (κ3) is 5.60. The monoisotopic (exact) mass is 431 g/mol. The summed E-state index contributed by atoms with van der Waals surface area (Å²) in [6.07, 6.45) is 4.33. The zero-order valence-corrected chi connectivity index (χ0v) is 17.0. The topological polar surface area (TPSA) is 130 Å². The molecule has 3 rings (SSSR count). The molecule has 9 heteroatoms. The number of aromatic nitrogens is 1. The highest BCUT2D eigenvalue weighted by atomic mass is 32.1. The van der Waals surface area contributed by atoms with Crippen LogP contribution in [0.4, 0.5) is 15.4 Å². The lowest BCUT2D eigenvalue weighted by Crippen LogP contribution is -2.36. The number of nitriles is 1. The number of carbonyl (C=O) groups is 2. The summed E-state index contributed by atoms with van der Waals surface area (Å²) in [7, 11) is 0. The molecule has 1 aromatic heterocycles. The highest BCUT2D eigenvalue weighted by Crippen LogP contribution is 2.25. The number of primary amides is 1. The van der Waals surface area contributed by atoms with E-state index in [-0.39, 0.29) is 6.61 Å². The van der Waals surface area contributed by atoms with E-state index in [0.717, 1.165) is 11.1 Å². The van der Waals surface area contributed by atoms with Crippen molar-refractivity contribution in [3.05, 3.63) is 70.0 Å². The Morgan fingerprint density at radius 2 is 1.97 bits per heavy atom. The molecule has 0 aliphatic heterocycles. The largest absolute Gasteiger partial charge is 0.447 e. The van der Waals surface area contributed by atoms with E-state index in [2.05, 4.69) is 27.6 Å². The maximum atomic E-state index is 12.4. The smallest absolute Gasteiger partial charge is 0.404 e. The molecule has 0 aliphatic rings. The van der Waals surface area contributed by atoms with Crippen LogP contribution in [0.15, 0.2) is 53.9 Å². The first-order valence-corrected chi connectivity index (χ1v) is 9.89. The summed E-state index contributed by atoms with van der Waals surface area (Å²) in [5.74, 6) is 2.70. The van der Waals surface area contributed by atoms with E-state index in [1.54, 1.807) is 29.6 Å². The summed E-state index contributed by atoms with van der Waals surface area (Å²) < 4.78 is 4.90. The summed E-state index contributed by atoms with van der Waals surface area (Å²) in [6.45, 7) is -0.163. The second-order valence-corrected chi connectivity index (χ2v) is 7.10. The van der Waals surface area contributed by atoms with Crippen molar-refractivity contribution in [1.82, 2.24) is 10.3 Å². The number of amides is 3. The fourth-order valence-corrected chi connectivity index (χ4v) is 3.38. The average molecular weight is 431 g/mol. The van der Waals surface area contributed by atoms with Crippen LogP contribution in [0.3, 0.4) is 0 Å². The number of ether oxygens (including phenoxy) is 1. The predicted molar refractivity (Wildman–Crippen MR) is 117 cm³/mol. The first-order valence-electron chi connectivity index (χ1n) is 9.01. The Hall–Kier alpha value is -4.34. The normalized spacial score (nSPS) is 10.9. The quantitative estimate of drug-likeness (QED) is 0.513. The zero-order chi connectivity index (χ0) is 22.2. The molecule has 154 valence electrons. The molecule has 0 bridgehead atoms. The SMILES string of the molecule is C#Cc1nc(NC(=O)N[C@@H](COC(N)=O)c2ccc(-c3ccccc3C#N)cc2)cs1. The van der Waals surface area contributed by atoms with Crippen LogP contribution in [-0.2, 0) is 4.74 Å². The van der Waals surface area contributed by atoms with Crippen LogP contribution in [0.25, 0.3) is 11.1 Å². The van der Waals surface area contributed by atoms with Gasteiger partial charge in [0.2, 0.25) is 0 Å². The predicted octanol–water partition coefficient (Wildman–Crippen LogP) is 3.62. The number of nitrogens with two attached hydrogens (primary N) is 1. The van der Waals surface area contributed by atoms with Gasteiger partial charge in [0.05, 0.1) is 17.7 Å². The molecule has 1 heterocycles. The highest BCUT2D eigenvalue weighted by Gasteiger charge is 2.18. The maximum absolute atomic E-state index is 12.4. The summed E-state index contributed by atoms with van der Waals surface area (Å²) in [6, 6.07) is 15.4. The van der Waals surface area contributed by atoms with Gasteiger partial charge in [-0.15, -0.1) is 17.8 Å². The van der Waals surface area contributed by atoms with Crippen molar-refractivity contribution in [3.8, 4) is 29.5 Å². The molecule has 0 unspecified atom stereocenters. The minimum atomic E-state index is -0.954. The van der Waals surface area contributed by atoms with E-state index in [1.807, 2.05) is 24.3 Å². The van der Waals surface area contributed by atoms with Gasteiger partial charge >= 0.3 is 12.1 Å². The Bertz CT molecular complexity index is 1170. The number of terminal acetylenes is 1. The van der Waals surface area contributed by atoms with Crippen LogP contribution in [0, 0.1) is 23.7 Å². The van der Waals surface area contributed by atoms with Gasteiger partial charge in [0, 0.05) is 5.38 Å². The number of nitrogens with zero attached hydrogens (tertiary/aromatic N) is 2. The number of hydrogen-bond acceptors (Lipinski definition) is 6. The van der Waals surface area contributed by atoms with Gasteiger partial charge in [0.15, 0.2) is 5.01 Å². The number of anilines is 1. The van der Waals surface area contributed by atoms with E-state index in [1.165, 1.54) is 11.3 Å². The van der Waals surface area contributed by atoms with Gasteiger partial charge in [-0.25, -0.2) is 14.6 Å². The molecule has 3 aromatic rings. The Morgan fingerprint density at radius 3 is 2.61 bits per heavy atom. The molecule has 3 amide bonds. The molecule has 0 fully saturated rings. The van der Waals surface area contributed by atoms with Crippen LogP contribution in [0.1, 0.15) is 22.2 Å². The third-order valence-corrected chi connectivity index (χ3v) is 5.01. The number of hydrogen-bond donors (Lipinski definition) is 3. The minimum absolute atomic E-state index is 0.163. The van der Waals surface area contributed by atoms with E-state index in [4.69, 9.17) is 16.9 Å². The minimum Gasteiger partial charge on any atom is -0.447 e. The van der Waals surface area contributed by atoms with Gasteiger partial charge in [0.1, 0.15) is 12.4 Å². The van der Waals surface area contributed by atoms with Crippen molar-refractivity contribution < 1.29 is 14.3 Å². The van der Waals surface area contributed by atoms with Crippen molar-refractivity contribution in [3.63, 3.8) is 0 Å². The lowest BCUT2D eigenvalue weighted by molar-refractivity contribution is 0.144. The van der Waals surface area contributed by atoms with Crippen LogP contribution in [0.2, 0.25) is 0 Å². The summed E-state index contributed by atoms with van der Waals surface area (Å²) in [4.78, 5) is 27.5. The fourth-order valence-electron chi connectivity index (χ4n) is 2.82. The Labute approximate surface area is 182 Å². The summed E-state index contributed by atoms with van der Waals surface area (Å²) in [5.41, 5.74) is 7.93. The lowest BCUT2D eigenvalue weighted by atomic mass is 9.98. The number of benzene rings is 2. The van der Waals surface area contributed by atoms with Gasteiger partial charge < -0.3 is 15.8 Å². The molecular weight excluding hydrogens is 414 g/mol. The number of nitrogens with one attached hydrogen (secondary N) is 2. The fraction of sp³-hybridized carbons (Fsp3) is 0.0909. The van der Waals surface area contributed by atoms with Gasteiger partial charge in [-0.3, -0.25) is 5.32 Å². The molecule has 2 aromatic carbocycles. The Kier molecular flexibility index (Phi) is 6.84. The average Bonchev–Trinajstić information content (AvgIpc) is 3.24. The molecule has 8 nitrogen and oxygen atoms in total. The zero-order valence-electron chi connectivity index (χ0n) is 16.2. The molecule has 0 radical (unpaired) electrons. The van der Waals surface area contributed by atoms with Crippen molar-refractivity contribution in [2.75, 3.05) is 11.9 Å². The van der Waals surface area contributed by atoms with Crippen molar-refractivity contribution in [1.29, 1.82) is 5.26 Å². The van der Waals surface area contributed by atoms with E-state index < -0.39 is 18.2 Å². The Morgan fingerprint density at radius 1 is 1.23 bits per heavy atom. The van der Waals surface area contributed by atoms with E-state index >= 15 is 0 Å². The number of rotatable bonds is 6. The first kappa shape index (κ1) is 21.4. The van der Waals surface area contributed by atoms with Gasteiger partial charge in [-0.05, 0) is 28.7 Å². The van der Waals surface area contributed by atoms with Crippen molar-refractivity contribution >= 4 is 29.3 Å². The molecule has 0 spiro atoms. The summed E-state index contributed by atoms with van der Waals surface area (Å²) in [5, 5.41) is 16.7. The molecule has 4 N–H and O–H groups in total. The van der Waals surface area contributed by atoms with Gasteiger partial charge in [0.25, 0.3) is 0 Å². The van der Waals surface area contributed by atoms with Crippen molar-refractivity contribution in [2.24, 2.45) is 5.73 Å². The second-order valence-electron chi connectivity index (χ2n) is 6.24. The van der Waals surface area contributed by atoms with Crippen LogP contribution in [-0.4, -0.2) is 23.7 Å². The number of urea groups is 1. The van der Waals surface area contributed by atoms with Crippen molar-refractivity contribution in [2.45, 2.75) is 6.04 Å². The Balaban J connectivity index is 1.78. The van der Waals surface area contributed by atoms with Gasteiger partial charge in [-0.2, -0.15) is 5.26 Å². The maximum Gasteiger partial charge on any atom is 0.404 e. The highest BCUT2D eigenvalue weighted by molar-refractivity contribution is 7.10. The molecular formula is C22H17N5O3S. The van der Waals surface area contributed by atoms with Crippen LogP contribution >= 0.6 is 11.3 Å². The standard InChI is InChI=1S/C22H17N5O3S/c1-2-20-26-19(13-31-20)27-22(29)25-18(12-30-21(24)28)15-9-7-14(8-10-15)17-6-4-3-5-16(17)11-23/h1,3-10,13,18H,12H2,(H2,24,28)(H2,25,27,29)/t18-/m0/s1.